The molecule has 1 N–H and O–H groups in total. The monoisotopic (exact) mass is 360 g/mol. The lowest BCUT2D eigenvalue weighted by Gasteiger charge is -2.01. The molecular formula is C6H3Br3O3. The van der Waals surface area contributed by atoms with Crippen molar-refractivity contribution in [2.75, 3.05) is 0 Å². The second kappa shape index (κ2) is 3.93. The lowest BCUT2D eigenvalue weighted by atomic mass is 10.4. The van der Waals surface area contributed by atoms with Gasteiger partial charge in [-0.15, -0.1) is 0 Å². The standard InChI is InChI=1S/C6H3Br3O3/c7-1-2-3(8)5(10)4(9)6(11)12-2/h10H,1H2. The summed E-state index contributed by atoms with van der Waals surface area (Å²) in [6.45, 7) is 0. The Balaban J connectivity index is 3.50. The molecule has 0 unspecified atom stereocenters. The molecule has 1 aromatic heterocycles. The van der Waals surface area contributed by atoms with Gasteiger partial charge in [0.25, 0.3) is 0 Å². The molecule has 12 heavy (non-hydrogen) atoms. The molecule has 0 aromatic carbocycles. The number of hydrogen-bond acceptors (Lipinski definition) is 3. The van der Waals surface area contributed by atoms with E-state index in [1.807, 2.05) is 0 Å². The first-order valence-electron chi connectivity index (χ1n) is 2.83. The Bertz CT molecular complexity index is 358. The molecule has 0 spiro atoms. The fraction of sp³-hybridized carbons (Fsp3) is 0.167. The number of rotatable bonds is 1. The van der Waals surface area contributed by atoms with Crippen molar-refractivity contribution < 1.29 is 9.52 Å². The predicted octanol–water partition coefficient (Wildman–Crippen LogP) is 2.77. The molecule has 3 nitrogen and oxygen atoms in total. The van der Waals surface area contributed by atoms with E-state index in [9.17, 15) is 9.90 Å². The zero-order chi connectivity index (χ0) is 9.30. The zero-order valence-electron chi connectivity index (χ0n) is 5.60. The van der Waals surface area contributed by atoms with Crippen LogP contribution in [0.2, 0.25) is 0 Å². The molecule has 1 heterocycles. The SMILES string of the molecule is O=c1oc(CBr)c(Br)c(O)c1Br. The van der Waals surface area contributed by atoms with E-state index in [0.717, 1.165) is 0 Å². The maximum absolute atomic E-state index is 11.0. The third-order valence-electron chi connectivity index (χ3n) is 1.18. The molecule has 6 heteroatoms. The molecule has 0 bridgehead atoms. The first-order chi connectivity index (χ1) is 5.57. The van der Waals surface area contributed by atoms with Gasteiger partial charge in [0.1, 0.15) is 14.7 Å². The molecule has 0 atom stereocenters. The van der Waals surface area contributed by atoms with Gasteiger partial charge in [0.2, 0.25) is 0 Å². The van der Waals surface area contributed by atoms with Crippen molar-refractivity contribution in [2.24, 2.45) is 0 Å². The van der Waals surface area contributed by atoms with Crippen LogP contribution in [0.5, 0.6) is 5.75 Å². The van der Waals surface area contributed by atoms with Gasteiger partial charge < -0.3 is 9.52 Å². The molecule has 0 radical (unpaired) electrons. The Morgan fingerprint density at radius 1 is 1.33 bits per heavy atom. The largest absolute Gasteiger partial charge is 0.505 e. The number of alkyl halides is 1. The smallest absolute Gasteiger partial charge is 0.354 e. The first kappa shape index (κ1) is 10.3. The molecular weight excluding hydrogens is 360 g/mol. The van der Waals surface area contributed by atoms with E-state index in [2.05, 4.69) is 47.8 Å². The molecule has 0 fully saturated rings. The molecule has 0 aliphatic heterocycles. The van der Waals surface area contributed by atoms with Crippen LogP contribution in [-0.2, 0) is 5.33 Å². The quantitative estimate of drug-likeness (QED) is 0.782. The van der Waals surface area contributed by atoms with Crippen molar-refractivity contribution in [1.29, 1.82) is 0 Å². The topological polar surface area (TPSA) is 50.4 Å². The fourth-order valence-corrected chi connectivity index (χ4v) is 2.35. The zero-order valence-corrected chi connectivity index (χ0v) is 10.4. The molecule has 0 aliphatic carbocycles. The Kier molecular flexibility index (Phi) is 3.37. The number of aromatic hydroxyl groups is 1. The highest BCUT2D eigenvalue weighted by Crippen LogP contribution is 2.32. The average Bonchev–Trinajstić information content (AvgIpc) is 2.08. The summed E-state index contributed by atoms with van der Waals surface area (Å²) >= 11 is 9.09. The molecule has 1 rings (SSSR count). The van der Waals surface area contributed by atoms with E-state index in [1.165, 1.54) is 0 Å². The van der Waals surface area contributed by atoms with Crippen LogP contribution in [0.1, 0.15) is 5.76 Å². The molecule has 0 amide bonds. The summed E-state index contributed by atoms with van der Waals surface area (Å²) < 4.78 is 5.22. The van der Waals surface area contributed by atoms with Gasteiger partial charge in [-0.1, -0.05) is 15.9 Å². The van der Waals surface area contributed by atoms with Crippen LogP contribution in [0, 0.1) is 0 Å². The summed E-state index contributed by atoms with van der Waals surface area (Å²) in [4.78, 5) is 11.0. The third kappa shape index (κ3) is 1.75. The highest BCUT2D eigenvalue weighted by Gasteiger charge is 2.14. The minimum absolute atomic E-state index is 0.0269. The van der Waals surface area contributed by atoms with Gasteiger partial charge in [0, 0.05) is 0 Å². The summed E-state index contributed by atoms with van der Waals surface area (Å²) in [6.07, 6.45) is 0. The van der Waals surface area contributed by atoms with Crippen molar-refractivity contribution in [1.82, 2.24) is 0 Å². The van der Waals surface area contributed by atoms with Crippen molar-refractivity contribution in [3.63, 3.8) is 0 Å². The van der Waals surface area contributed by atoms with E-state index >= 15 is 0 Å². The van der Waals surface area contributed by atoms with E-state index < -0.39 is 5.63 Å². The van der Waals surface area contributed by atoms with Crippen LogP contribution in [0.25, 0.3) is 0 Å². The molecule has 0 saturated heterocycles. The van der Waals surface area contributed by atoms with Crippen LogP contribution >= 0.6 is 47.8 Å². The van der Waals surface area contributed by atoms with Crippen molar-refractivity contribution >= 4 is 47.8 Å². The summed E-state index contributed by atoms with van der Waals surface area (Å²) in [7, 11) is 0. The Hall–Kier alpha value is 0.190. The summed E-state index contributed by atoms with van der Waals surface area (Å²) in [5, 5.41) is 9.69. The van der Waals surface area contributed by atoms with Crippen molar-refractivity contribution in [3.8, 4) is 5.75 Å². The third-order valence-corrected chi connectivity index (χ3v) is 3.20. The molecule has 0 saturated carbocycles. The lowest BCUT2D eigenvalue weighted by molar-refractivity contribution is 0.421. The summed E-state index contributed by atoms with van der Waals surface area (Å²) in [5.74, 6) is 0.224. The minimum Gasteiger partial charge on any atom is -0.505 e. The van der Waals surface area contributed by atoms with Crippen LogP contribution in [0.15, 0.2) is 18.2 Å². The molecule has 0 aliphatic rings. The second-order valence-electron chi connectivity index (χ2n) is 1.92. The van der Waals surface area contributed by atoms with Crippen molar-refractivity contribution in [3.05, 3.63) is 25.1 Å². The molecule has 66 valence electrons. The maximum atomic E-state index is 11.0. The lowest BCUT2D eigenvalue weighted by Crippen LogP contribution is -2.02. The Labute approximate surface area is 93.2 Å². The Morgan fingerprint density at radius 3 is 2.42 bits per heavy atom. The van der Waals surface area contributed by atoms with Crippen molar-refractivity contribution in [2.45, 2.75) is 5.33 Å². The van der Waals surface area contributed by atoms with E-state index in [4.69, 9.17) is 4.42 Å². The highest BCUT2D eigenvalue weighted by atomic mass is 79.9. The van der Waals surface area contributed by atoms with Gasteiger partial charge >= 0.3 is 5.63 Å². The predicted molar refractivity (Wildman–Crippen MR) is 54.7 cm³/mol. The van der Waals surface area contributed by atoms with Gasteiger partial charge in [-0.2, -0.15) is 0 Å². The normalized spacial score (nSPS) is 10.2. The number of hydrogen-bond donors (Lipinski definition) is 1. The molecule has 1 aromatic rings. The van der Waals surface area contributed by atoms with Crippen LogP contribution in [-0.4, -0.2) is 5.11 Å². The van der Waals surface area contributed by atoms with Gasteiger partial charge in [-0.25, -0.2) is 4.79 Å². The maximum Gasteiger partial charge on any atom is 0.354 e. The van der Waals surface area contributed by atoms with E-state index in [1.54, 1.807) is 0 Å². The van der Waals surface area contributed by atoms with Crippen LogP contribution in [0.4, 0.5) is 0 Å². The van der Waals surface area contributed by atoms with E-state index in [-0.39, 0.29) is 10.2 Å². The van der Waals surface area contributed by atoms with Crippen LogP contribution in [0.3, 0.4) is 0 Å². The second-order valence-corrected chi connectivity index (χ2v) is 4.07. The van der Waals surface area contributed by atoms with Gasteiger partial charge in [0.05, 0.1) is 5.33 Å². The van der Waals surface area contributed by atoms with Gasteiger partial charge in [-0.3, -0.25) is 0 Å². The fourth-order valence-electron chi connectivity index (χ4n) is 0.613. The van der Waals surface area contributed by atoms with Gasteiger partial charge in [0.15, 0.2) is 5.75 Å². The first-order valence-corrected chi connectivity index (χ1v) is 5.54. The highest BCUT2D eigenvalue weighted by molar-refractivity contribution is 9.11. The number of halogens is 3. The van der Waals surface area contributed by atoms with E-state index in [0.29, 0.717) is 15.6 Å². The summed E-state index contributed by atoms with van der Waals surface area (Å²) in [5.41, 5.74) is -0.592. The Morgan fingerprint density at radius 2 is 1.92 bits per heavy atom. The summed E-state index contributed by atoms with van der Waals surface area (Å²) in [6, 6.07) is 0. The minimum atomic E-state index is -0.592. The van der Waals surface area contributed by atoms with Crippen LogP contribution < -0.4 is 5.63 Å². The average molecular weight is 363 g/mol. The van der Waals surface area contributed by atoms with Gasteiger partial charge in [-0.05, 0) is 31.9 Å².